The van der Waals surface area contributed by atoms with Crippen LogP contribution < -0.4 is 0 Å². The maximum absolute atomic E-state index is 12.5. The Morgan fingerprint density at radius 3 is 1.80 bits per heavy atom. The van der Waals surface area contributed by atoms with Crippen LogP contribution in [0.5, 0.6) is 0 Å². The second-order valence-electron chi connectivity index (χ2n) is 4.07. The van der Waals surface area contributed by atoms with Crippen LogP contribution in [-0.2, 0) is 0 Å². The van der Waals surface area contributed by atoms with E-state index in [4.69, 9.17) is 0 Å². The molecule has 0 amide bonds. The Bertz CT molecular complexity index is 646. The van der Waals surface area contributed by atoms with Gasteiger partial charge in [0.2, 0.25) is 0 Å². The third-order valence-electron chi connectivity index (χ3n) is 2.71. The van der Waals surface area contributed by atoms with Gasteiger partial charge in [-0.1, -0.05) is 54.6 Å². The van der Waals surface area contributed by atoms with E-state index in [1.807, 2.05) is 0 Å². The van der Waals surface area contributed by atoms with E-state index in [1.165, 1.54) is 30.3 Å². The van der Waals surface area contributed by atoms with E-state index in [0.29, 0.717) is 0 Å². The molecule has 0 aliphatic heterocycles. The average molecular weight is 278 g/mol. The Balaban J connectivity index is 2.49. The molecule has 0 aromatic heterocycles. The maximum Gasteiger partial charge on any atom is 0.454 e. The average Bonchev–Trinajstić information content (AvgIpc) is 2.45. The van der Waals surface area contributed by atoms with Gasteiger partial charge in [-0.3, -0.25) is 9.59 Å². The van der Waals surface area contributed by atoms with Gasteiger partial charge in [0.15, 0.2) is 5.78 Å². The first-order valence-corrected chi connectivity index (χ1v) is 5.71. The van der Waals surface area contributed by atoms with Gasteiger partial charge in [-0.05, 0) is 0 Å². The topological polar surface area (TPSA) is 34.1 Å². The van der Waals surface area contributed by atoms with Gasteiger partial charge in [0, 0.05) is 16.7 Å². The van der Waals surface area contributed by atoms with Crippen molar-refractivity contribution in [1.29, 1.82) is 0 Å². The van der Waals surface area contributed by atoms with Gasteiger partial charge >= 0.3 is 6.18 Å². The van der Waals surface area contributed by atoms with Crippen molar-refractivity contribution in [3.05, 3.63) is 71.3 Å². The quantitative estimate of drug-likeness (QED) is 0.803. The Kier molecular flexibility index (Phi) is 3.70. The zero-order valence-electron chi connectivity index (χ0n) is 10.1. The molecular weight excluding hydrogens is 269 g/mol. The summed E-state index contributed by atoms with van der Waals surface area (Å²) in [5, 5.41) is 0. The van der Waals surface area contributed by atoms with E-state index in [2.05, 4.69) is 0 Å². The number of carbonyl (C=O) groups is 2. The van der Waals surface area contributed by atoms with Crippen LogP contribution in [0.15, 0.2) is 54.6 Å². The Hall–Kier alpha value is -2.43. The smallest absolute Gasteiger partial charge is 0.289 e. The molecule has 2 rings (SSSR count). The van der Waals surface area contributed by atoms with Crippen molar-refractivity contribution in [3.8, 4) is 0 Å². The van der Waals surface area contributed by atoms with Crippen molar-refractivity contribution < 1.29 is 22.8 Å². The lowest BCUT2D eigenvalue weighted by Gasteiger charge is -2.09. The first-order chi connectivity index (χ1) is 9.41. The van der Waals surface area contributed by atoms with Crippen molar-refractivity contribution in [2.75, 3.05) is 0 Å². The Morgan fingerprint density at radius 2 is 1.25 bits per heavy atom. The number of alkyl halides is 3. The van der Waals surface area contributed by atoms with Crippen LogP contribution in [0, 0.1) is 0 Å². The summed E-state index contributed by atoms with van der Waals surface area (Å²) in [6.07, 6.45) is -5.01. The summed E-state index contributed by atoms with van der Waals surface area (Å²) < 4.78 is 37.6. The Morgan fingerprint density at radius 1 is 0.750 bits per heavy atom. The van der Waals surface area contributed by atoms with Crippen LogP contribution >= 0.6 is 0 Å². The van der Waals surface area contributed by atoms with Gasteiger partial charge in [-0.25, -0.2) is 0 Å². The second-order valence-corrected chi connectivity index (χ2v) is 4.07. The molecule has 0 atom stereocenters. The van der Waals surface area contributed by atoms with Crippen LogP contribution in [0.2, 0.25) is 0 Å². The molecule has 0 aliphatic rings. The largest absolute Gasteiger partial charge is 0.454 e. The molecule has 2 aromatic carbocycles. The van der Waals surface area contributed by atoms with Gasteiger partial charge in [0.1, 0.15) is 0 Å². The van der Waals surface area contributed by atoms with Crippen molar-refractivity contribution >= 4 is 11.6 Å². The molecule has 0 saturated carbocycles. The third kappa shape index (κ3) is 2.77. The molecule has 0 aliphatic carbocycles. The highest BCUT2D eigenvalue weighted by Crippen LogP contribution is 2.24. The zero-order chi connectivity index (χ0) is 14.8. The molecule has 0 spiro atoms. The van der Waals surface area contributed by atoms with Crippen molar-refractivity contribution in [2.45, 2.75) is 6.18 Å². The highest BCUT2D eigenvalue weighted by Gasteiger charge is 2.40. The van der Waals surface area contributed by atoms with Crippen LogP contribution in [0.25, 0.3) is 0 Å². The lowest BCUT2D eigenvalue weighted by atomic mass is 9.96. The van der Waals surface area contributed by atoms with Crippen molar-refractivity contribution in [3.63, 3.8) is 0 Å². The van der Waals surface area contributed by atoms with E-state index in [9.17, 15) is 22.8 Å². The fourth-order valence-electron chi connectivity index (χ4n) is 1.78. The molecule has 2 nitrogen and oxygen atoms in total. The minimum atomic E-state index is -5.01. The first kappa shape index (κ1) is 14.0. The minimum absolute atomic E-state index is 0.231. The van der Waals surface area contributed by atoms with Crippen molar-refractivity contribution in [1.82, 2.24) is 0 Å². The molecule has 0 heterocycles. The highest BCUT2D eigenvalue weighted by molar-refractivity contribution is 6.16. The predicted molar refractivity (Wildman–Crippen MR) is 66.7 cm³/mol. The molecule has 0 fully saturated rings. The van der Waals surface area contributed by atoms with Crippen LogP contribution in [-0.4, -0.2) is 17.7 Å². The van der Waals surface area contributed by atoms with Gasteiger partial charge in [-0.15, -0.1) is 0 Å². The molecule has 0 N–H and O–H groups in total. The van der Waals surface area contributed by atoms with E-state index >= 15 is 0 Å². The summed E-state index contributed by atoms with van der Waals surface area (Å²) in [5.74, 6) is -2.63. The number of halogens is 3. The van der Waals surface area contributed by atoms with Gasteiger partial charge in [0.05, 0.1) is 0 Å². The van der Waals surface area contributed by atoms with E-state index in [-0.39, 0.29) is 11.1 Å². The molecule has 5 heteroatoms. The van der Waals surface area contributed by atoms with E-state index in [1.54, 1.807) is 18.2 Å². The maximum atomic E-state index is 12.5. The molecule has 0 radical (unpaired) electrons. The summed E-state index contributed by atoms with van der Waals surface area (Å²) in [7, 11) is 0. The fourth-order valence-corrected chi connectivity index (χ4v) is 1.78. The predicted octanol–water partition coefficient (Wildman–Crippen LogP) is 3.66. The first-order valence-electron chi connectivity index (χ1n) is 5.71. The lowest BCUT2D eigenvalue weighted by molar-refractivity contribution is -0.0885. The second kappa shape index (κ2) is 5.28. The zero-order valence-corrected chi connectivity index (χ0v) is 10.1. The normalized spacial score (nSPS) is 11.2. The summed E-state index contributed by atoms with van der Waals surface area (Å²) in [6.45, 7) is 0. The van der Waals surface area contributed by atoms with Crippen LogP contribution in [0.3, 0.4) is 0 Å². The standard InChI is InChI=1S/C15H9F3O2/c16-15(17,18)14(20)12-9-5-4-8-11(12)13(19)10-6-2-1-3-7-10/h1-9H. The summed E-state index contributed by atoms with van der Waals surface area (Å²) >= 11 is 0. The summed E-state index contributed by atoms with van der Waals surface area (Å²) in [5.41, 5.74) is -0.648. The summed E-state index contributed by atoms with van der Waals surface area (Å²) in [4.78, 5) is 23.5. The summed E-state index contributed by atoms with van der Waals surface area (Å²) in [6, 6.07) is 12.8. The molecular formula is C15H9F3O2. The molecule has 0 bridgehead atoms. The van der Waals surface area contributed by atoms with Gasteiger partial charge < -0.3 is 0 Å². The fraction of sp³-hybridized carbons (Fsp3) is 0.0667. The van der Waals surface area contributed by atoms with Gasteiger partial charge in [0.25, 0.3) is 5.78 Å². The molecule has 0 unspecified atom stereocenters. The SMILES string of the molecule is O=C(c1ccccc1)c1ccccc1C(=O)C(F)(F)F. The molecule has 0 saturated heterocycles. The number of ketones is 2. The number of benzene rings is 2. The number of hydrogen-bond donors (Lipinski definition) is 0. The van der Waals surface area contributed by atoms with E-state index < -0.39 is 23.3 Å². The van der Waals surface area contributed by atoms with Crippen molar-refractivity contribution in [2.24, 2.45) is 0 Å². The molecule has 20 heavy (non-hydrogen) atoms. The highest BCUT2D eigenvalue weighted by atomic mass is 19.4. The molecule has 102 valence electrons. The van der Waals surface area contributed by atoms with E-state index in [0.717, 1.165) is 6.07 Å². The van der Waals surface area contributed by atoms with Crippen LogP contribution in [0.4, 0.5) is 13.2 Å². The minimum Gasteiger partial charge on any atom is -0.289 e. The number of carbonyl (C=O) groups excluding carboxylic acids is 2. The van der Waals surface area contributed by atoms with Crippen LogP contribution in [0.1, 0.15) is 26.3 Å². The number of rotatable bonds is 3. The molecule has 2 aromatic rings. The lowest BCUT2D eigenvalue weighted by Crippen LogP contribution is -2.25. The number of Topliss-reactive ketones (excluding diaryl/α,β-unsaturated/α-hetero) is 1. The monoisotopic (exact) mass is 278 g/mol. The Labute approximate surface area is 112 Å². The number of hydrogen-bond acceptors (Lipinski definition) is 2. The third-order valence-corrected chi connectivity index (χ3v) is 2.71. The van der Waals surface area contributed by atoms with Gasteiger partial charge in [-0.2, -0.15) is 13.2 Å².